The van der Waals surface area contributed by atoms with Crippen molar-refractivity contribution in [3.05, 3.63) is 16.3 Å². The van der Waals surface area contributed by atoms with E-state index >= 15 is 0 Å². The highest BCUT2D eigenvalue weighted by Gasteiger charge is 2.41. The van der Waals surface area contributed by atoms with E-state index in [1.54, 1.807) is 5.38 Å². The molecule has 1 aliphatic rings. The van der Waals surface area contributed by atoms with Crippen LogP contribution >= 0.6 is 11.3 Å². The Hall–Kier alpha value is -1.24. The second-order valence-electron chi connectivity index (χ2n) is 4.13. The number of hydrogen-bond donors (Lipinski definition) is 0. The molecule has 7 heteroatoms. The summed E-state index contributed by atoms with van der Waals surface area (Å²) in [6.07, 6.45) is -3.08. The molecule has 0 aliphatic heterocycles. The number of thiophene rings is 1. The standard InChI is InChI=1S/C11H12F3NO2S/c1-17-8-4-9(18-5-8)10(16)15(7-2-3-7)6-11(12,13)14/h4-5,7H,2-3,6H2,1H3. The maximum atomic E-state index is 12.4. The number of halogens is 3. The van der Waals surface area contributed by atoms with Gasteiger partial charge in [0.05, 0.1) is 12.0 Å². The maximum absolute atomic E-state index is 12.4. The van der Waals surface area contributed by atoms with E-state index in [-0.39, 0.29) is 10.9 Å². The predicted molar refractivity (Wildman–Crippen MR) is 61.0 cm³/mol. The molecular weight excluding hydrogens is 267 g/mol. The van der Waals surface area contributed by atoms with E-state index in [0.717, 1.165) is 16.2 Å². The lowest BCUT2D eigenvalue weighted by molar-refractivity contribution is -0.141. The van der Waals surface area contributed by atoms with Gasteiger partial charge in [0.2, 0.25) is 0 Å². The molecule has 0 N–H and O–H groups in total. The molecule has 3 nitrogen and oxygen atoms in total. The molecule has 1 heterocycles. The molecule has 0 bridgehead atoms. The monoisotopic (exact) mass is 279 g/mol. The zero-order chi connectivity index (χ0) is 13.3. The number of amides is 1. The highest BCUT2D eigenvalue weighted by Crippen LogP contribution is 2.33. The van der Waals surface area contributed by atoms with Gasteiger partial charge in [-0.25, -0.2) is 0 Å². The van der Waals surface area contributed by atoms with E-state index in [0.29, 0.717) is 18.6 Å². The first kappa shape index (κ1) is 13.2. The van der Waals surface area contributed by atoms with Gasteiger partial charge in [0.15, 0.2) is 0 Å². The molecule has 100 valence electrons. The average molecular weight is 279 g/mol. The number of hydrogen-bond acceptors (Lipinski definition) is 3. The van der Waals surface area contributed by atoms with Gasteiger partial charge in [-0.1, -0.05) is 0 Å². The molecule has 18 heavy (non-hydrogen) atoms. The second kappa shape index (κ2) is 4.79. The van der Waals surface area contributed by atoms with Crippen molar-refractivity contribution in [2.45, 2.75) is 25.1 Å². The first-order valence-electron chi connectivity index (χ1n) is 5.41. The van der Waals surface area contributed by atoms with Crippen molar-refractivity contribution in [2.75, 3.05) is 13.7 Å². The third kappa shape index (κ3) is 3.16. The smallest absolute Gasteiger partial charge is 0.406 e. The third-order valence-electron chi connectivity index (χ3n) is 2.62. The van der Waals surface area contributed by atoms with Crippen LogP contribution in [0.3, 0.4) is 0 Å². The Balaban J connectivity index is 2.13. The van der Waals surface area contributed by atoms with Crippen molar-refractivity contribution in [3.63, 3.8) is 0 Å². The molecule has 1 aromatic heterocycles. The largest absolute Gasteiger partial charge is 0.496 e. The van der Waals surface area contributed by atoms with E-state index < -0.39 is 18.6 Å². The molecule has 0 saturated heterocycles. The van der Waals surface area contributed by atoms with Gasteiger partial charge in [-0.2, -0.15) is 13.2 Å². The fraction of sp³-hybridized carbons (Fsp3) is 0.545. The summed E-state index contributed by atoms with van der Waals surface area (Å²) in [6.45, 7) is -1.18. The van der Waals surface area contributed by atoms with Crippen molar-refractivity contribution in [2.24, 2.45) is 0 Å². The van der Waals surface area contributed by atoms with Gasteiger partial charge < -0.3 is 9.64 Å². The second-order valence-corrected chi connectivity index (χ2v) is 5.04. The average Bonchev–Trinajstić information content (AvgIpc) is 3.01. The van der Waals surface area contributed by atoms with Gasteiger partial charge in [-0.3, -0.25) is 4.79 Å². The minimum atomic E-state index is -4.36. The summed E-state index contributed by atoms with van der Waals surface area (Å²) in [4.78, 5) is 13.2. The van der Waals surface area contributed by atoms with Crippen molar-refractivity contribution in [1.29, 1.82) is 0 Å². The molecule has 1 saturated carbocycles. The summed E-state index contributed by atoms with van der Waals surface area (Å²) in [5.74, 6) is -0.0748. The zero-order valence-corrected chi connectivity index (χ0v) is 10.5. The van der Waals surface area contributed by atoms with Crippen LogP contribution in [0.4, 0.5) is 13.2 Å². The first-order valence-corrected chi connectivity index (χ1v) is 6.29. The van der Waals surface area contributed by atoms with Gasteiger partial charge in [0.25, 0.3) is 5.91 Å². The van der Waals surface area contributed by atoms with Crippen LogP contribution in [0, 0.1) is 0 Å². The van der Waals surface area contributed by atoms with E-state index in [4.69, 9.17) is 4.74 Å². The molecule has 0 spiro atoms. The third-order valence-corrected chi connectivity index (χ3v) is 3.52. The minimum absolute atomic E-state index is 0.271. The van der Waals surface area contributed by atoms with Gasteiger partial charge in [-0.15, -0.1) is 11.3 Å². The number of carbonyl (C=O) groups is 1. The summed E-state index contributed by atoms with van der Waals surface area (Å²) in [5.41, 5.74) is 0. The van der Waals surface area contributed by atoms with Crippen molar-refractivity contribution in [1.82, 2.24) is 4.90 Å². The summed E-state index contributed by atoms with van der Waals surface area (Å²) >= 11 is 1.10. The quantitative estimate of drug-likeness (QED) is 0.848. The molecule has 2 rings (SSSR count). The lowest BCUT2D eigenvalue weighted by Gasteiger charge is -2.23. The molecule has 1 aliphatic carbocycles. The van der Waals surface area contributed by atoms with Crippen LogP contribution in [0.25, 0.3) is 0 Å². The number of alkyl halides is 3. The maximum Gasteiger partial charge on any atom is 0.406 e. The Morgan fingerprint density at radius 3 is 2.67 bits per heavy atom. The number of carbonyl (C=O) groups excluding carboxylic acids is 1. The van der Waals surface area contributed by atoms with Gasteiger partial charge in [0.1, 0.15) is 12.3 Å². The predicted octanol–water partition coefficient (Wildman–Crippen LogP) is 2.92. The summed E-state index contributed by atoms with van der Waals surface area (Å²) in [5, 5.41) is 1.60. The highest BCUT2D eigenvalue weighted by atomic mass is 32.1. The fourth-order valence-corrected chi connectivity index (χ4v) is 2.44. The molecule has 1 amide bonds. The van der Waals surface area contributed by atoms with E-state index in [1.165, 1.54) is 13.2 Å². The molecule has 0 radical (unpaired) electrons. The minimum Gasteiger partial charge on any atom is -0.496 e. The lowest BCUT2D eigenvalue weighted by Crippen LogP contribution is -2.40. The molecule has 1 aromatic rings. The van der Waals surface area contributed by atoms with Crippen LogP contribution in [0.15, 0.2) is 11.4 Å². The summed E-state index contributed by atoms with van der Waals surface area (Å²) < 4.78 is 42.2. The zero-order valence-electron chi connectivity index (χ0n) is 9.66. The SMILES string of the molecule is COc1csc(C(=O)N(CC(F)(F)F)C2CC2)c1. The van der Waals surface area contributed by atoms with Crippen LogP contribution in [0.1, 0.15) is 22.5 Å². The molecule has 0 unspecified atom stereocenters. The number of methoxy groups -OCH3 is 1. The van der Waals surface area contributed by atoms with Crippen LogP contribution in [-0.4, -0.2) is 36.7 Å². The summed E-state index contributed by atoms with van der Waals surface area (Å²) in [6, 6.07) is 1.20. The normalized spacial score (nSPS) is 15.6. The molecule has 0 aromatic carbocycles. The highest BCUT2D eigenvalue weighted by molar-refractivity contribution is 7.12. The van der Waals surface area contributed by atoms with Gasteiger partial charge in [-0.05, 0) is 12.8 Å². The topological polar surface area (TPSA) is 29.5 Å². The molecule has 0 atom stereocenters. The number of nitrogens with zero attached hydrogens (tertiary/aromatic N) is 1. The summed E-state index contributed by atoms with van der Waals surface area (Å²) in [7, 11) is 1.45. The van der Waals surface area contributed by atoms with Crippen molar-refractivity contribution in [3.8, 4) is 5.75 Å². The van der Waals surface area contributed by atoms with Crippen LogP contribution < -0.4 is 4.74 Å². The van der Waals surface area contributed by atoms with Gasteiger partial charge >= 0.3 is 6.18 Å². The first-order chi connectivity index (χ1) is 8.40. The molecule has 1 fully saturated rings. The number of rotatable bonds is 4. The Morgan fingerprint density at radius 1 is 1.56 bits per heavy atom. The number of ether oxygens (including phenoxy) is 1. The van der Waals surface area contributed by atoms with E-state index in [1.807, 2.05) is 0 Å². The van der Waals surface area contributed by atoms with Crippen LogP contribution in [0.5, 0.6) is 5.75 Å². The Bertz CT molecular complexity index is 440. The lowest BCUT2D eigenvalue weighted by atomic mass is 10.3. The van der Waals surface area contributed by atoms with Crippen molar-refractivity contribution < 1.29 is 22.7 Å². The Morgan fingerprint density at radius 2 is 2.22 bits per heavy atom. The fourth-order valence-electron chi connectivity index (χ4n) is 1.63. The molecular formula is C11H12F3NO2S. The van der Waals surface area contributed by atoms with Gasteiger partial charge in [0, 0.05) is 17.5 Å². The Kier molecular flexibility index (Phi) is 3.52. The van der Waals surface area contributed by atoms with Crippen molar-refractivity contribution >= 4 is 17.2 Å². The van der Waals surface area contributed by atoms with Crippen LogP contribution in [0.2, 0.25) is 0 Å². The van der Waals surface area contributed by atoms with E-state index in [9.17, 15) is 18.0 Å². The van der Waals surface area contributed by atoms with E-state index in [2.05, 4.69) is 0 Å². The van der Waals surface area contributed by atoms with Crippen LogP contribution in [-0.2, 0) is 0 Å². The Labute approximate surface area is 106 Å².